The molecule has 2 rings (SSSR count). The van der Waals surface area contributed by atoms with Crippen molar-refractivity contribution < 1.29 is 9.90 Å². The lowest BCUT2D eigenvalue weighted by Crippen LogP contribution is -2.52. The molecule has 14 heavy (non-hydrogen) atoms. The smallest absolute Gasteiger partial charge is 0.303 e. The number of hydrogen-bond donors (Lipinski definition) is 2. The van der Waals surface area contributed by atoms with Crippen LogP contribution in [0.15, 0.2) is 0 Å². The molecule has 0 aromatic carbocycles. The number of carbonyl (C=O) groups is 1. The molecule has 1 saturated heterocycles. The Morgan fingerprint density at radius 3 is 2.93 bits per heavy atom. The van der Waals surface area contributed by atoms with Crippen molar-refractivity contribution in [1.29, 1.82) is 0 Å². The average Bonchev–Trinajstić information content (AvgIpc) is 2.16. The quantitative estimate of drug-likeness (QED) is 0.709. The van der Waals surface area contributed by atoms with Gasteiger partial charge < -0.3 is 10.4 Å². The summed E-state index contributed by atoms with van der Waals surface area (Å²) in [6.45, 7) is 1.08. The molecule has 0 unspecified atom stereocenters. The van der Waals surface area contributed by atoms with Crippen LogP contribution in [-0.2, 0) is 4.79 Å². The van der Waals surface area contributed by atoms with E-state index >= 15 is 0 Å². The summed E-state index contributed by atoms with van der Waals surface area (Å²) >= 11 is 0. The normalized spacial score (nSPS) is 37.6. The molecule has 0 spiro atoms. The molecule has 2 fully saturated rings. The average molecular weight is 197 g/mol. The number of carboxylic acid groups (broad SMARTS) is 1. The first-order chi connectivity index (χ1) is 6.73. The van der Waals surface area contributed by atoms with Gasteiger partial charge in [-0.1, -0.05) is 12.8 Å². The first-order valence-corrected chi connectivity index (χ1v) is 5.68. The maximum atomic E-state index is 10.9. The summed E-state index contributed by atoms with van der Waals surface area (Å²) in [5.41, 5.74) is 0.0856. The summed E-state index contributed by atoms with van der Waals surface area (Å²) in [6.07, 6.45) is 7.38. The molecule has 80 valence electrons. The summed E-state index contributed by atoms with van der Waals surface area (Å²) in [7, 11) is 0. The highest BCUT2D eigenvalue weighted by molar-refractivity contribution is 5.68. The highest BCUT2D eigenvalue weighted by atomic mass is 16.4. The van der Waals surface area contributed by atoms with Crippen LogP contribution in [-0.4, -0.2) is 23.7 Å². The zero-order valence-corrected chi connectivity index (χ0v) is 8.59. The van der Waals surface area contributed by atoms with E-state index in [0.717, 1.165) is 25.8 Å². The molecule has 0 bridgehead atoms. The van der Waals surface area contributed by atoms with Crippen LogP contribution in [0.2, 0.25) is 0 Å². The van der Waals surface area contributed by atoms with Crippen molar-refractivity contribution in [1.82, 2.24) is 5.32 Å². The lowest BCUT2D eigenvalue weighted by Gasteiger charge is -2.47. The second kappa shape index (κ2) is 3.89. The molecular weight excluding hydrogens is 178 g/mol. The van der Waals surface area contributed by atoms with Crippen LogP contribution in [0.4, 0.5) is 0 Å². The highest BCUT2D eigenvalue weighted by Crippen LogP contribution is 2.45. The molecule has 2 atom stereocenters. The topological polar surface area (TPSA) is 49.3 Å². The third-order valence-corrected chi connectivity index (χ3v) is 3.90. The fourth-order valence-electron chi connectivity index (χ4n) is 3.24. The number of carboxylic acids is 1. The van der Waals surface area contributed by atoms with E-state index in [1.165, 1.54) is 19.3 Å². The van der Waals surface area contributed by atoms with Crippen molar-refractivity contribution in [2.75, 3.05) is 6.54 Å². The zero-order valence-electron chi connectivity index (χ0n) is 8.59. The number of piperidine rings is 1. The van der Waals surface area contributed by atoms with Crippen LogP contribution in [0.3, 0.4) is 0 Å². The van der Waals surface area contributed by atoms with E-state index in [0.29, 0.717) is 12.5 Å². The Hall–Kier alpha value is -0.570. The lowest BCUT2D eigenvalue weighted by molar-refractivity contribution is -0.141. The zero-order chi connectivity index (χ0) is 10.0. The molecule has 1 aliphatic carbocycles. The molecule has 1 aliphatic heterocycles. The van der Waals surface area contributed by atoms with Gasteiger partial charge >= 0.3 is 5.97 Å². The summed E-state index contributed by atoms with van der Waals surface area (Å²) in [5.74, 6) is -0.624. The maximum Gasteiger partial charge on any atom is 0.303 e. The molecule has 3 nitrogen and oxygen atoms in total. The van der Waals surface area contributed by atoms with Crippen LogP contribution in [0.1, 0.15) is 44.9 Å². The van der Waals surface area contributed by atoms with E-state index in [9.17, 15) is 4.79 Å². The Balaban J connectivity index is 2.11. The fourth-order valence-corrected chi connectivity index (χ4v) is 3.24. The lowest BCUT2D eigenvalue weighted by atomic mass is 9.64. The van der Waals surface area contributed by atoms with Gasteiger partial charge in [0, 0.05) is 6.04 Å². The third-order valence-electron chi connectivity index (χ3n) is 3.90. The Morgan fingerprint density at radius 2 is 2.14 bits per heavy atom. The van der Waals surface area contributed by atoms with Gasteiger partial charge in [0.05, 0.1) is 6.42 Å². The van der Waals surface area contributed by atoms with Crippen molar-refractivity contribution >= 4 is 5.97 Å². The predicted molar refractivity (Wildman–Crippen MR) is 54.2 cm³/mol. The Kier molecular flexibility index (Phi) is 2.77. The number of rotatable bonds is 2. The minimum Gasteiger partial charge on any atom is -0.481 e. The molecule has 2 aliphatic rings. The molecule has 1 heterocycles. The number of nitrogens with one attached hydrogen (secondary N) is 1. The van der Waals surface area contributed by atoms with E-state index < -0.39 is 5.97 Å². The highest BCUT2D eigenvalue weighted by Gasteiger charge is 2.43. The van der Waals surface area contributed by atoms with Gasteiger partial charge in [-0.25, -0.2) is 0 Å². The van der Waals surface area contributed by atoms with E-state index in [1.54, 1.807) is 0 Å². The summed E-state index contributed by atoms with van der Waals surface area (Å²) in [4.78, 5) is 10.9. The monoisotopic (exact) mass is 197 g/mol. The molecule has 0 aromatic heterocycles. The van der Waals surface area contributed by atoms with Crippen molar-refractivity contribution in [3.05, 3.63) is 0 Å². The van der Waals surface area contributed by atoms with Crippen molar-refractivity contribution in [3.8, 4) is 0 Å². The van der Waals surface area contributed by atoms with E-state index in [1.807, 2.05) is 0 Å². The molecule has 2 N–H and O–H groups in total. The second-order valence-electron chi connectivity index (χ2n) is 4.79. The minimum atomic E-state index is -0.624. The summed E-state index contributed by atoms with van der Waals surface area (Å²) < 4.78 is 0. The molecule has 0 radical (unpaired) electrons. The molecular formula is C11H19NO2. The van der Waals surface area contributed by atoms with Crippen molar-refractivity contribution in [2.45, 2.75) is 51.0 Å². The van der Waals surface area contributed by atoms with Crippen molar-refractivity contribution in [2.24, 2.45) is 5.41 Å². The van der Waals surface area contributed by atoms with Gasteiger partial charge in [0.25, 0.3) is 0 Å². The first-order valence-electron chi connectivity index (χ1n) is 5.68. The van der Waals surface area contributed by atoms with Crippen LogP contribution >= 0.6 is 0 Å². The van der Waals surface area contributed by atoms with Crippen molar-refractivity contribution in [3.63, 3.8) is 0 Å². The summed E-state index contributed by atoms with van der Waals surface area (Å²) in [5, 5.41) is 12.5. The van der Waals surface area contributed by atoms with Gasteiger partial charge in [0.1, 0.15) is 0 Å². The Bertz CT molecular complexity index is 215. The summed E-state index contributed by atoms with van der Waals surface area (Å²) in [6, 6.07) is 0.473. The van der Waals surface area contributed by atoms with Crippen LogP contribution in [0, 0.1) is 5.41 Å². The maximum absolute atomic E-state index is 10.9. The Morgan fingerprint density at radius 1 is 1.36 bits per heavy atom. The van der Waals surface area contributed by atoms with Gasteiger partial charge in [-0.2, -0.15) is 0 Å². The first kappa shape index (κ1) is 9.97. The second-order valence-corrected chi connectivity index (χ2v) is 4.79. The van der Waals surface area contributed by atoms with Gasteiger partial charge in [-0.3, -0.25) is 4.79 Å². The van der Waals surface area contributed by atoms with E-state index in [-0.39, 0.29) is 5.41 Å². The van der Waals surface area contributed by atoms with E-state index in [4.69, 9.17) is 5.11 Å². The molecule has 1 saturated carbocycles. The number of fused-ring (bicyclic) bond motifs is 1. The van der Waals surface area contributed by atoms with Gasteiger partial charge in [-0.15, -0.1) is 0 Å². The third kappa shape index (κ3) is 1.78. The van der Waals surface area contributed by atoms with E-state index in [2.05, 4.69) is 5.32 Å². The molecule has 3 heteroatoms. The molecule has 0 aromatic rings. The van der Waals surface area contributed by atoms with Crippen LogP contribution < -0.4 is 5.32 Å². The van der Waals surface area contributed by atoms with Gasteiger partial charge in [0.15, 0.2) is 0 Å². The van der Waals surface area contributed by atoms with Crippen LogP contribution in [0.5, 0.6) is 0 Å². The fraction of sp³-hybridized carbons (Fsp3) is 0.909. The Labute approximate surface area is 84.9 Å². The minimum absolute atomic E-state index is 0.0856. The molecule has 0 amide bonds. The van der Waals surface area contributed by atoms with Crippen LogP contribution in [0.25, 0.3) is 0 Å². The standard InChI is InChI=1S/C11H19NO2/c13-10(14)8-11-5-2-1-4-9(11)12-7-3-6-11/h9,12H,1-8H2,(H,13,14)/t9-,11+/m0/s1. The number of hydrogen-bond acceptors (Lipinski definition) is 2. The SMILES string of the molecule is O=C(O)C[C@]12CCCC[C@@H]1NCCC2. The van der Waals surface area contributed by atoms with Gasteiger partial charge in [0.2, 0.25) is 0 Å². The van der Waals surface area contributed by atoms with Gasteiger partial charge in [-0.05, 0) is 37.6 Å². The number of aliphatic carboxylic acids is 1. The predicted octanol–water partition coefficient (Wildman–Crippen LogP) is 1.77. The largest absolute Gasteiger partial charge is 0.481 e.